The van der Waals surface area contributed by atoms with E-state index in [1.165, 1.54) is 22.9 Å². The van der Waals surface area contributed by atoms with E-state index in [-0.39, 0.29) is 17.2 Å². The van der Waals surface area contributed by atoms with Gasteiger partial charge in [-0.2, -0.15) is 13.2 Å². The van der Waals surface area contributed by atoms with Gasteiger partial charge in [-0.3, -0.25) is 14.0 Å². The number of hydrogen-bond acceptors (Lipinski definition) is 4. The number of hydrogen-bond donors (Lipinski definition) is 2. The number of primary amides is 1. The smallest absolute Gasteiger partial charge is 0.364 e. The fraction of sp³-hybridized carbons (Fsp3) is 0.263. The Morgan fingerprint density at radius 3 is 2.62 bits per heavy atom. The lowest BCUT2D eigenvalue weighted by Gasteiger charge is -2.14. The molecule has 1 aromatic carbocycles. The Hall–Kier alpha value is -3.43. The maximum Gasteiger partial charge on any atom is 0.417 e. The van der Waals surface area contributed by atoms with Crippen molar-refractivity contribution >= 4 is 23.3 Å². The molecule has 0 atom stereocenters. The minimum atomic E-state index is -4.68. The van der Waals surface area contributed by atoms with Crippen LogP contribution in [0.4, 0.5) is 19.0 Å². The van der Waals surface area contributed by atoms with Crippen LogP contribution < -0.4 is 11.1 Å². The highest BCUT2D eigenvalue weighted by Crippen LogP contribution is 2.32. The molecule has 0 aliphatic heterocycles. The predicted octanol–water partition coefficient (Wildman–Crippen LogP) is 3.44. The molecule has 0 fully saturated rings. The second-order valence-corrected chi connectivity index (χ2v) is 6.38. The molecule has 2 heterocycles. The third-order valence-electron chi connectivity index (χ3n) is 4.29. The summed E-state index contributed by atoms with van der Waals surface area (Å²) in [5.74, 6) is -1.60. The Bertz CT molecular complexity index is 1080. The first-order valence-electron chi connectivity index (χ1n) is 8.86. The molecule has 0 radical (unpaired) electrons. The summed E-state index contributed by atoms with van der Waals surface area (Å²) in [7, 11) is 0. The number of nitrogens with two attached hydrogens (primary N) is 1. The number of unbranched alkanes of at least 4 members (excludes halogenated alkanes) is 1. The van der Waals surface area contributed by atoms with Crippen LogP contribution in [0.25, 0.3) is 5.65 Å². The first-order chi connectivity index (χ1) is 13.7. The van der Waals surface area contributed by atoms with E-state index in [9.17, 15) is 22.8 Å². The molecule has 3 aromatic rings. The van der Waals surface area contributed by atoms with Crippen molar-refractivity contribution in [2.75, 3.05) is 5.32 Å². The molecule has 0 saturated carbocycles. The van der Waals surface area contributed by atoms with E-state index in [0.717, 1.165) is 25.0 Å². The quantitative estimate of drug-likeness (QED) is 0.656. The number of carbonyl (C=O) groups is 2. The number of alkyl halides is 3. The largest absolute Gasteiger partial charge is 0.417 e. The van der Waals surface area contributed by atoms with Crippen LogP contribution in [0.15, 0.2) is 36.7 Å². The second kappa shape index (κ2) is 7.90. The highest BCUT2D eigenvalue weighted by atomic mass is 19.4. The number of carbonyl (C=O) groups excluding carboxylic acids is 2. The number of fused-ring (bicyclic) bond motifs is 1. The number of imidazole rings is 1. The molecule has 29 heavy (non-hydrogen) atoms. The van der Waals surface area contributed by atoms with E-state index in [1.807, 2.05) is 6.92 Å². The van der Waals surface area contributed by atoms with Crippen LogP contribution >= 0.6 is 0 Å². The molecule has 152 valence electrons. The van der Waals surface area contributed by atoms with Gasteiger partial charge in [0.15, 0.2) is 11.3 Å². The third kappa shape index (κ3) is 4.20. The van der Waals surface area contributed by atoms with Crippen molar-refractivity contribution < 1.29 is 22.8 Å². The standard InChI is InChI=1S/C19H18F3N5O2/c1-2-3-6-11-9-14(27-10-24-15(16(23)28)17(27)25-11)26-18(29)12-7-4-5-8-13(12)19(20,21)22/h4-5,7-10H,2-3,6H2,1H3,(H2,23,28)(H,26,29). The molecular formula is C19H18F3N5O2. The number of aromatic nitrogens is 3. The van der Waals surface area contributed by atoms with Gasteiger partial charge in [-0.15, -0.1) is 0 Å². The van der Waals surface area contributed by atoms with Gasteiger partial charge in [0.1, 0.15) is 12.1 Å². The van der Waals surface area contributed by atoms with Crippen LogP contribution in [0.1, 0.15) is 51.9 Å². The van der Waals surface area contributed by atoms with Gasteiger partial charge in [0, 0.05) is 11.8 Å². The van der Waals surface area contributed by atoms with E-state index < -0.39 is 29.1 Å². The minimum absolute atomic E-state index is 0.0884. The summed E-state index contributed by atoms with van der Waals surface area (Å²) in [6, 6.07) is 6.04. The van der Waals surface area contributed by atoms with Gasteiger partial charge in [-0.05, 0) is 25.0 Å². The summed E-state index contributed by atoms with van der Waals surface area (Å²) >= 11 is 0. The Morgan fingerprint density at radius 1 is 1.24 bits per heavy atom. The zero-order chi connectivity index (χ0) is 21.2. The zero-order valence-corrected chi connectivity index (χ0v) is 15.5. The maximum atomic E-state index is 13.2. The molecule has 0 bridgehead atoms. The van der Waals surface area contributed by atoms with Crippen LogP contribution in [-0.4, -0.2) is 26.2 Å². The van der Waals surface area contributed by atoms with Crippen molar-refractivity contribution in [3.63, 3.8) is 0 Å². The van der Waals surface area contributed by atoms with E-state index >= 15 is 0 Å². The SMILES string of the molecule is CCCCc1cc(NC(=O)c2ccccc2C(F)(F)F)n2cnc(C(N)=O)c2n1. The third-order valence-corrected chi connectivity index (χ3v) is 4.29. The summed E-state index contributed by atoms with van der Waals surface area (Å²) in [5, 5.41) is 2.47. The van der Waals surface area contributed by atoms with Gasteiger partial charge in [-0.1, -0.05) is 25.5 Å². The maximum absolute atomic E-state index is 13.2. The van der Waals surface area contributed by atoms with E-state index in [4.69, 9.17) is 5.73 Å². The van der Waals surface area contributed by atoms with Crippen LogP contribution in [0.5, 0.6) is 0 Å². The Kier molecular flexibility index (Phi) is 5.53. The van der Waals surface area contributed by atoms with Crippen molar-refractivity contribution in [2.45, 2.75) is 32.4 Å². The number of nitrogens with one attached hydrogen (secondary N) is 1. The van der Waals surface area contributed by atoms with Gasteiger partial charge in [0.05, 0.1) is 11.1 Å². The summed E-state index contributed by atoms with van der Waals surface area (Å²) in [6.45, 7) is 1.99. The molecule has 0 unspecified atom stereocenters. The predicted molar refractivity (Wildman–Crippen MR) is 99.5 cm³/mol. The number of halogens is 3. The van der Waals surface area contributed by atoms with Crippen LogP contribution in [0, 0.1) is 0 Å². The van der Waals surface area contributed by atoms with Crippen molar-refractivity contribution in [1.29, 1.82) is 0 Å². The average Bonchev–Trinajstić information content (AvgIpc) is 3.10. The first kappa shape index (κ1) is 20.3. The molecule has 0 aliphatic carbocycles. The lowest BCUT2D eigenvalue weighted by atomic mass is 10.1. The van der Waals surface area contributed by atoms with Gasteiger partial charge < -0.3 is 11.1 Å². The van der Waals surface area contributed by atoms with Crippen molar-refractivity contribution in [1.82, 2.24) is 14.4 Å². The number of amides is 2. The average molecular weight is 405 g/mol. The summed E-state index contributed by atoms with van der Waals surface area (Å²) in [5.41, 5.74) is 4.35. The Labute approximate surface area is 163 Å². The van der Waals surface area contributed by atoms with Crippen molar-refractivity contribution in [3.8, 4) is 0 Å². The molecule has 0 saturated heterocycles. The topological polar surface area (TPSA) is 102 Å². The van der Waals surface area contributed by atoms with Crippen LogP contribution in [-0.2, 0) is 12.6 Å². The van der Waals surface area contributed by atoms with Crippen molar-refractivity contribution in [3.05, 3.63) is 59.2 Å². The number of anilines is 1. The first-order valence-corrected chi connectivity index (χ1v) is 8.86. The molecule has 3 rings (SSSR count). The number of nitrogens with zero attached hydrogens (tertiary/aromatic N) is 3. The summed E-state index contributed by atoms with van der Waals surface area (Å²) in [4.78, 5) is 32.5. The lowest BCUT2D eigenvalue weighted by molar-refractivity contribution is -0.137. The second-order valence-electron chi connectivity index (χ2n) is 6.38. The molecule has 3 N–H and O–H groups in total. The lowest BCUT2D eigenvalue weighted by Crippen LogP contribution is -2.20. The summed E-state index contributed by atoms with van der Waals surface area (Å²) < 4.78 is 41.0. The highest BCUT2D eigenvalue weighted by Gasteiger charge is 2.35. The molecule has 0 aliphatic rings. The molecular weight excluding hydrogens is 387 g/mol. The molecule has 2 amide bonds. The molecule has 7 nitrogen and oxygen atoms in total. The van der Waals surface area contributed by atoms with E-state index in [0.29, 0.717) is 12.1 Å². The molecule has 0 spiro atoms. The van der Waals surface area contributed by atoms with Crippen LogP contribution in [0.2, 0.25) is 0 Å². The van der Waals surface area contributed by atoms with Gasteiger partial charge in [0.25, 0.3) is 11.8 Å². The van der Waals surface area contributed by atoms with Gasteiger partial charge in [-0.25, -0.2) is 9.97 Å². The fourth-order valence-corrected chi connectivity index (χ4v) is 2.89. The number of benzene rings is 1. The fourth-order valence-electron chi connectivity index (χ4n) is 2.89. The Balaban J connectivity index is 2.06. The number of rotatable bonds is 6. The monoisotopic (exact) mass is 405 g/mol. The summed E-state index contributed by atoms with van der Waals surface area (Å²) in [6.07, 6.45) is -1.21. The highest BCUT2D eigenvalue weighted by molar-refractivity contribution is 6.05. The van der Waals surface area contributed by atoms with E-state index in [2.05, 4.69) is 15.3 Å². The normalized spacial score (nSPS) is 11.6. The van der Waals surface area contributed by atoms with E-state index in [1.54, 1.807) is 6.07 Å². The minimum Gasteiger partial charge on any atom is -0.364 e. The Morgan fingerprint density at radius 2 is 1.97 bits per heavy atom. The number of aryl methyl sites for hydroxylation is 1. The molecule has 2 aromatic heterocycles. The van der Waals surface area contributed by atoms with Crippen molar-refractivity contribution in [2.24, 2.45) is 5.73 Å². The molecule has 10 heteroatoms. The van der Waals surface area contributed by atoms with Gasteiger partial charge in [0.2, 0.25) is 0 Å². The van der Waals surface area contributed by atoms with Gasteiger partial charge >= 0.3 is 6.18 Å². The zero-order valence-electron chi connectivity index (χ0n) is 15.5. The van der Waals surface area contributed by atoms with Crippen LogP contribution in [0.3, 0.4) is 0 Å².